The van der Waals surface area contributed by atoms with E-state index in [0.29, 0.717) is 62.0 Å². The van der Waals surface area contributed by atoms with E-state index in [1.165, 1.54) is 35.4 Å². The number of likely N-dealkylation sites (N-methyl/N-ethyl adjacent to an activating group) is 1. The van der Waals surface area contributed by atoms with Crippen molar-refractivity contribution in [3.05, 3.63) is 107 Å². The minimum atomic E-state index is -2.05. The van der Waals surface area contributed by atoms with Crippen molar-refractivity contribution in [1.82, 2.24) is 4.90 Å². The number of carbonyl (C=O) groups is 6. The van der Waals surface area contributed by atoms with Crippen molar-refractivity contribution < 1.29 is 97.4 Å². The molecular weight excluding hydrogens is 1260 g/mol. The van der Waals surface area contributed by atoms with Gasteiger partial charge in [0.2, 0.25) is 5.78 Å². The maximum Gasteiger partial charge on any atom is 1.00 e. The third kappa shape index (κ3) is 15.4. The summed E-state index contributed by atoms with van der Waals surface area (Å²) in [7, 11) is 2.14. The van der Waals surface area contributed by atoms with Gasteiger partial charge in [0.1, 0.15) is 6.10 Å². The fourth-order valence-electron chi connectivity index (χ4n) is 20.1. The van der Waals surface area contributed by atoms with Gasteiger partial charge in [-0.1, -0.05) is 139 Å². The maximum absolute atomic E-state index is 17.4. The molecule has 0 radical (unpaired) electrons. The third-order valence-electron chi connectivity index (χ3n) is 24.8. The number of halogens is 2. The number of carbonyl (C=O) groups excluding carboxylic acids is 6. The molecule has 0 heterocycles. The largest absolute Gasteiger partial charge is 1.00 e. The molecular formula is C80H110ClFNNaO13. The molecule has 2 aromatic rings. The smallest absolute Gasteiger partial charge is 0.545 e. The number of benzene rings is 2. The van der Waals surface area contributed by atoms with Crippen LogP contribution in [0.4, 0.5) is 4.39 Å². The van der Waals surface area contributed by atoms with Crippen molar-refractivity contribution in [2.75, 3.05) is 20.2 Å². The van der Waals surface area contributed by atoms with Crippen molar-refractivity contribution in [3.63, 3.8) is 0 Å². The second-order valence-electron chi connectivity index (χ2n) is 31.8. The minimum Gasteiger partial charge on any atom is -0.545 e. The molecule has 8 aliphatic rings. The Hall–Kier alpha value is -4.76. The number of hydrogen-bond acceptors (Lipinski definition) is 14. The van der Waals surface area contributed by atoms with Gasteiger partial charge in [0.05, 0.1) is 24.3 Å². The van der Waals surface area contributed by atoms with Crippen LogP contribution in [0.2, 0.25) is 0 Å². The van der Waals surface area contributed by atoms with Gasteiger partial charge in [-0.3, -0.25) is 28.9 Å². The molecule has 2 aromatic carbocycles. The Labute approximate surface area is 605 Å². The second-order valence-corrected chi connectivity index (χ2v) is 31.8. The standard InChI is InChI=1S/C31H48O6.C28H37FO7.C21H25N.ClH.Na/c1-17(2)9-8-10-20(28(35)36)26-22-15-24(34)27-29(5)13-12-23(33)18(3)21(29)11-14-30(27,6)31(22,7)16-25(26)37-19(4)32;1-6-23(33)35-15-22(32)28(36-24(34)7-2)16(3)12-20-19-9-8-17-13-18(30)10-11-25(17,4)27(19,29)21(31)14-26(20,28)5;1-21(2,3)15-8-5-9-16-22(4)17-19-13-10-12-18-11-6-7-14-20(18)19;;/h9,18,21-25,27,33-34H,8,10-16H2,1-7H3,(H,35,36);10-11,13,16,19-21,31H,6-9,12,14-15H2,1-5H3;5-7,9-14H,16-17H2,1-4H3;1H;/q;;;;+1/p-1/b26-20-;;9-5+;;/t18-,21-,22-,23+,24+,25-,27-,29-,30-,31-;16-,19-,20-,21-,25-,26-,27-,28-;;;/m00.../s1. The van der Waals surface area contributed by atoms with Gasteiger partial charge < -0.3 is 39.4 Å². The molecule has 10 rings (SSSR count). The Kier molecular flexibility index (Phi) is 26.5. The number of aliphatic hydroxyl groups excluding tert-OH is 3. The number of Topliss-reactive ketones (excluding diaryl/α,β-unsaturated/α-hetero) is 1. The number of allylic oxidation sites excluding steroid dienone is 7. The van der Waals surface area contributed by atoms with Gasteiger partial charge in [-0.2, -0.15) is 0 Å². The number of carboxylic acids is 1. The van der Waals surface area contributed by atoms with Crippen LogP contribution in [-0.2, 0) is 49.5 Å². The molecule has 0 aliphatic heterocycles. The Balaban J connectivity index is 0.000000235. The number of rotatable bonds is 15. The zero-order valence-electron chi connectivity index (χ0n) is 61.0. The number of aliphatic hydroxyl groups is 3. The van der Waals surface area contributed by atoms with Crippen molar-refractivity contribution in [1.29, 1.82) is 0 Å². The summed E-state index contributed by atoms with van der Waals surface area (Å²) in [5.74, 6) is 1.77. The summed E-state index contributed by atoms with van der Waals surface area (Å²) in [6.45, 7) is 30.6. The molecule has 0 saturated heterocycles. The molecule has 0 amide bonds. The molecule has 0 unspecified atom stereocenters. The molecule has 3 N–H and O–H groups in total. The van der Waals surface area contributed by atoms with Crippen LogP contribution in [0.3, 0.4) is 0 Å². The summed E-state index contributed by atoms with van der Waals surface area (Å²) in [5.41, 5.74) is -2.51. The fraction of sp³-hybridized carbons (Fsp3) is 0.650. The van der Waals surface area contributed by atoms with Crippen LogP contribution in [-0.4, -0.2) is 112 Å². The van der Waals surface area contributed by atoms with E-state index in [9.17, 15) is 49.2 Å². The molecule has 17 heteroatoms. The Bertz CT molecular complexity index is 3480. The zero-order chi connectivity index (χ0) is 70.2. The predicted molar refractivity (Wildman–Crippen MR) is 372 cm³/mol. The molecule has 8 aliphatic carbocycles. The zero-order valence-corrected chi connectivity index (χ0v) is 63.9. The SMILES string of the molecule is CC(=O)O[C@H]1C[C@@]2(C)[C@@H](C[C@@H](O)[C@H]3[C@@]4(C)CC[C@@H](O)[C@@H](C)[C@@H]4CC[C@@]32C)/C1=C(\CCC=C(C)C)C(=O)[O-].CCC(=O)OCC(=O)[C@@]1(OC(=O)CC)[C@@H](C)C[C@H]2[C@@H]3CCC4=CC(=O)C=C[C@]4(C)[C@@]3(F)[C@@H](O)C[C@@]21C.CN(C/C=C/C#CC(C)(C)C)Cc1cccc2ccccc12.Cl.[Na+]. The Morgan fingerprint density at radius 2 is 1.51 bits per heavy atom. The minimum absolute atomic E-state index is 0. The summed E-state index contributed by atoms with van der Waals surface area (Å²) in [5, 5.41) is 49.2. The van der Waals surface area contributed by atoms with Crippen LogP contribution in [0.15, 0.2) is 101 Å². The number of alkyl halides is 1. The molecule has 0 bridgehead atoms. The van der Waals surface area contributed by atoms with Crippen LogP contribution in [0.5, 0.6) is 0 Å². The third-order valence-corrected chi connectivity index (χ3v) is 24.8. The van der Waals surface area contributed by atoms with Crippen LogP contribution < -0.4 is 34.7 Å². The molecule has 14 nitrogen and oxygen atoms in total. The number of fused-ring (bicyclic) bond motifs is 11. The van der Waals surface area contributed by atoms with Crippen LogP contribution >= 0.6 is 12.4 Å². The van der Waals surface area contributed by atoms with Crippen LogP contribution in [0, 0.1) is 85.8 Å². The first kappa shape index (κ1) is 81.2. The number of esters is 3. The van der Waals surface area contributed by atoms with E-state index in [0.717, 1.165) is 44.3 Å². The quantitative estimate of drug-likeness (QED) is 0.0378. The average molecular weight is 1370 g/mol. The normalized spacial score (nSPS) is 36.3. The number of ether oxygens (including phenoxy) is 3. The molecule has 18 atom stereocenters. The second kappa shape index (κ2) is 31.6. The van der Waals surface area contributed by atoms with Crippen molar-refractivity contribution in [2.45, 2.75) is 236 Å². The summed E-state index contributed by atoms with van der Waals surface area (Å²) >= 11 is 0. The number of aliphatic carboxylic acids is 1. The van der Waals surface area contributed by atoms with E-state index in [1.807, 2.05) is 32.9 Å². The first-order chi connectivity index (χ1) is 44.4. The summed E-state index contributed by atoms with van der Waals surface area (Å²) in [4.78, 5) is 77.3. The number of hydrogen-bond donors (Lipinski definition) is 3. The average Bonchev–Trinajstić information content (AvgIpc) is 1.64. The summed E-state index contributed by atoms with van der Waals surface area (Å²) in [6.07, 6.45) is 14.3. The van der Waals surface area contributed by atoms with Crippen molar-refractivity contribution in [2.24, 2.45) is 73.9 Å². The van der Waals surface area contributed by atoms with Gasteiger partial charge in [-0.05, 0) is 217 Å². The molecule has 97 heavy (non-hydrogen) atoms. The topological polar surface area (TPSA) is 217 Å². The molecule has 528 valence electrons. The van der Waals surface area contributed by atoms with Crippen molar-refractivity contribution >= 4 is 58.6 Å². The van der Waals surface area contributed by atoms with Gasteiger partial charge in [0, 0.05) is 60.9 Å². The molecule has 0 spiro atoms. The number of ketones is 2. The Morgan fingerprint density at radius 3 is 2.14 bits per heavy atom. The van der Waals surface area contributed by atoms with Gasteiger partial charge in [0.25, 0.3) is 0 Å². The number of nitrogens with zero attached hydrogens (tertiary/aromatic N) is 1. The Morgan fingerprint density at radius 1 is 0.835 bits per heavy atom. The monoisotopic (exact) mass is 1370 g/mol. The first-order valence-electron chi connectivity index (χ1n) is 35.1. The van der Waals surface area contributed by atoms with E-state index < -0.39 is 88.5 Å². The van der Waals surface area contributed by atoms with Gasteiger partial charge in [-0.25, -0.2) is 4.39 Å². The van der Waals surface area contributed by atoms with Gasteiger partial charge >= 0.3 is 47.5 Å². The molecule has 0 aromatic heterocycles. The van der Waals surface area contributed by atoms with Gasteiger partial charge in [0.15, 0.2) is 23.7 Å². The summed E-state index contributed by atoms with van der Waals surface area (Å²) in [6, 6.07) is 15.1. The molecule has 7 fully saturated rings. The van der Waals surface area contributed by atoms with E-state index in [1.54, 1.807) is 33.8 Å². The first-order valence-corrected chi connectivity index (χ1v) is 35.1. The maximum atomic E-state index is 17.4. The fourth-order valence-corrected chi connectivity index (χ4v) is 20.1. The van der Waals surface area contributed by atoms with Crippen molar-refractivity contribution in [3.8, 4) is 11.8 Å². The van der Waals surface area contributed by atoms with E-state index in [2.05, 4.69) is 121 Å². The van der Waals surface area contributed by atoms with E-state index >= 15 is 4.39 Å². The van der Waals surface area contributed by atoms with E-state index in [4.69, 9.17) is 14.2 Å². The van der Waals surface area contributed by atoms with Crippen LogP contribution in [0.25, 0.3) is 10.8 Å². The van der Waals surface area contributed by atoms with Gasteiger partial charge in [-0.15, -0.1) is 12.4 Å². The predicted octanol–water partition coefficient (Wildman–Crippen LogP) is 10.5. The summed E-state index contributed by atoms with van der Waals surface area (Å²) < 4.78 is 34.4. The van der Waals surface area contributed by atoms with E-state index in [-0.39, 0.29) is 124 Å². The number of carboxylic acid groups (broad SMARTS) is 1. The molecule has 7 saturated carbocycles. The van der Waals surface area contributed by atoms with Crippen LogP contribution in [0.1, 0.15) is 199 Å².